The maximum absolute atomic E-state index is 2.31. The predicted molar refractivity (Wildman–Crippen MR) is 184 cm³/mol. The first kappa shape index (κ1) is 38.0. The van der Waals surface area contributed by atoms with Gasteiger partial charge in [0.15, 0.2) is 0 Å². The molecule has 44 heavy (non-hydrogen) atoms. The molecule has 228 valence electrons. The third kappa shape index (κ3) is 10.4. The average molecular weight is 715 g/mol. The Morgan fingerprint density at radius 1 is 0.500 bits per heavy atom. The van der Waals surface area contributed by atoms with Gasteiger partial charge in [0.25, 0.3) is 0 Å². The molecule has 0 aliphatic heterocycles. The van der Waals surface area contributed by atoms with Crippen LogP contribution in [-0.2, 0) is 34.2 Å². The number of hydrogen-bond donors (Lipinski definition) is 0. The Morgan fingerprint density at radius 2 is 0.841 bits per heavy atom. The van der Waals surface area contributed by atoms with Crippen molar-refractivity contribution in [1.29, 1.82) is 0 Å². The summed E-state index contributed by atoms with van der Waals surface area (Å²) in [6.07, 6.45) is 0. The van der Waals surface area contributed by atoms with E-state index in [4.69, 9.17) is 0 Å². The van der Waals surface area contributed by atoms with E-state index in [1.807, 2.05) is 0 Å². The molecule has 0 radical (unpaired) electrons. The van der Waals surface area contributed by atoms with Gasteiger partial charge in [-0.05, 0) is 10.8 Å². The number of aryl methyl sites for hydroxylation is 2. The molecule has 0 aliphatic carbocycles. The van der Waals surface area contributed by atoms with Gasteiger partial charge in [-0.15, -0.1) is 81.2 Å². The Bertz CT molecular complexity index is 1630. The summed E-state index contributed by atoms with van der Waals surface area (Å²) in [4.78, 5) is 0. The first-order valence-corrected chi connectivity index (χ1v) is 20.0. The summed E-state index contributed by atoms with van der Waals surface area (Å²) in [6.45, 7) is 17.8. The van der Waals surface area contributed by atoms with Gasteiger partial charge >= 0.3 is 99.8 Å². The van der Waals surface area contributed by atoms with Crippen molar-refractivity contribution in [3.8, 4) is 0 Å². The van der Waals surface area contributed by atoms with Crippen molar-refractivity contribution in [3.63, 3.8) is 0 Å². The molecule has 6 aromatic rings. The number of rotatable bonds is 2. The van der Waals surface area contributed by atoms with Gasteiger partial charge in [0, 0.05) is 0 Å². The minimum absolute atomic E-state index is 0. The SMILES string of the molecule is Cc1cc2cc(C(C)(C)C)ccc2[cH-]1.Cc1cc2cc(C(C)(C)C)ccc2[cH-]1.[Cl-].[Cl-].[Zr+2]=[Si](c1ccccc1)c1ccccc1. The molecule has 0 atom stereocenters. The maximum atomic E-state index is 2.31. The molecule has 0 heterocycles. The second-order valence-electron chi connectivity index (χ2n) is 13.4. The summed E-state index contributed by atoms with van der Waals surface area (Å²) in [5, 5.41) is 8.49. The molecule has 0 unspecified atom stereocenters. The summed E-state index contributed by atoms with van der Waals surface area (Å²) in [7, 11) is 0. The number of hydrogen-bond acceptors (Lipinski definition) is 0. The van der Waals surface area contributed by atoms with Crippen LogP contribution in [0.1, 0.15) is 63.8 Å². The van der Waals surface area contributed by atoms with Crippen molar-refractivity contribution in [3.05, 3.63) is 144 Å². The Kier molecular flexibility index (Phi) is 14.1. The fourth-order valence-electron chi connectivity index (χ4n) is 5.04. The molecule has 6 aromatic carbocycles. The fraction of sp³-hybridized carbons (Fsp3) is 0.250. The molecule has 6 rings (SSSR count). The molecule has 4 heteroatoms. The summed E-state index contributed by atoms with van der Waals surface area (Å²) >= 11 is 1.64. The second-order valence-corrected chi connectivity index (χ2v) is 19.0. The first-order chi connectivity index (χ1) is 19.8. The molecule has 0 N–H and O–H groups in total. The summed E-state index contributed by atoms with van der Waals surface area (Å²) in [6, 6.07) is 44.2. The Balaban J connectivity index is 0.000000225. The van der Waals surface area contributed by atoms with E-state index in [0.29, 0.717) is 0 Å². The molecule has 0 spiro atoms. The zero-order chi connectivity index (χ0) is 30.5. The van der Waals surface area contributed by atoms with Crippen LogP contribution in [0.3, 0.4) is 0 Å². The van der Waals surface area contributed by atoms with Crippen LogP contribution >= 0.6 is 0 Å². The van der Waals surface area contributed by atoms with E-state index in [0.717, 1.165) is 0 Å². The summed E-state index contributed by atoms with van der Waals surface area (Å²) in [5.74, 6) is 0. The van der Waals surface area contributed by atoms with E-state index >= 15 is 0 Å². The number of halogens is 2. The molecule has 0 fully saturated rings. The molecule has 0 aromatic heterocycles. The quantitative estimate of drug-likeness (QED) is 0.190. The molecule has 0 saturated carbocycles. The van der Waals surface area contributed by atoms with E-state index in [1.54, 1.807) is 23.3 Å². The van der Waals surface area contributed by atoms with Gasteiger partial charge in [-0.3, -0.25) is 0 Å². The molecular weight excluding hydrogens is 671 g/mol. The van der Waals surface area contributed by atoms with Crippen molar-refractivity contribution in [2.24, 2.45) is 0 Å². The van der Waals surface area contributed by atoms with E-state index in [2.05, 4.69) is 177 Å². The van der Waals surface area contributed by atoms with E-state index in [1.165, 1.54) is 54.2 Å². The summed E-state index contributed by atoms with van der Waals surface area (Å²) in [5.41, 5.74) is 5.57. The van der Waals surface area contributed by atoms with Crippen molar-refractivity contribution in [2.75, 3.05) is 0 Å². The van der Waals surface area contributed by atoms with Crippen LogP contribution in [0.15, 0.2) is 121 Å². The topological polar surface area (TPSA) is 0 Å². The van der Waals surface area contributed by atoms with Crippen molar-refractivity contribution >= 4 is 37.4 Å². The van der Waals surface area contributed by atoms with Crippen LogP contribution < -0.4 is 35.2 Å². The average Bonchev–Trinajstić information content (AvgIpc) is 3.52. The van der Waals surface area contributed by atoms with E-state index in [-0.39, 0.29) is 35.6 Å². The molecule has 0 amide bonds. The number of fused-ring (bicyclic) bond motifs is 2. The second kappa shape index (κ2) is 16.4. The van der Waals surface area contributed by atoms with Crippen LogP contribution in [0.25, 0.3) is 21.5 Å². The van der Waals surface area contributed by atoms with Crippen LogP contribution in [0.4, 0.5) is 0 Å². The van der Waals surface area contributed by atoms with Gasteiger partial charge in [0.1, 0.15) is 0 Å². The molecule has 0 saturated heterocycles. The van der Waals surface area contributed by atoms with Gasteiger partial charge < -0.3 is 24.8 Å². The monoisotopic (exact) mass is 712 g/mol. The standard InChI is InChI=1S/2C14H17.C12H10Si.2ClH.Zr/c2*1-10-7-11-5-6-13(14(2,3)4)9-12(11)8-10;1-3-7-11(8-4-1)13-12-9-5-2-6-10-12;;;/h2*5-9H,1-4H3;1-10H;2*1H;/q2*-1;;;;+2/p-2. The number of benzene rings is 4. The van der Waals surface area contributed by atoms with Gasteiger partial charge in [-0.25, -0.2) is 0 Å². The van der Waals surface area contributed by atoms with Crippen LogP contribution in [-0.4, -0.2) is 5.43 Å². The third-order valence-electron chi connectivity index (χ3n) is 7.56. The Hall–Kier alpha value is -2.22. The van der Waals surface area contributed by atoms with Crippen molar-refractivity contribution in [2.45, 2.75) is 66.2 Å². The van der Waals surface area contributed by atoms with Crippen molar-refractivity contribution in [1.82, 2.24) is 0 Å². The minimum atomic E-state index is -0.455. The van der Waals surface area contributed by atoms with Crippen LogP contribution in [0.5, 0.6) is 0 Å². The summed E-state index contributed by atoms with van der Waals surface area (Å²) < 4.78 is 0. The van der Waals surface area contributed by atoms with Crippen LogP contribution in [0, 0.1) is 13.8 Å². The van der Waals surface area contributed by atoms with Gasteiger partial charge in [0.2, 0.25) is 0 Å². The molecular formula is C40H44Cl2SiZr-2. The van der Waals surface area contributed by atoms with E-state index in [9.17, 15) is 0 Å². The van der Waals surface area contributed by atoms with Gasteiger partial charge in [-0.1, -0.05) is 66.5 Å². The Morgan fingerprint density at radius 3 is 1.16 bits per heavy atom. The molecule has 0 bridgehead atoms. The van der Waals surface area contributed by atoms with Gasteiger partial charge in [-0.2, -0.15) is 12.1 Å². The normalized spacial score (nSPS) is 11.0. The third-order valence-corrected chi connectivity index (χ3v) is 13.6. The van der Waals surface area contributed by atoms with Crippen molar-refractivity contribution < 1.29 is 48.1 Å². The zero-order valence-electron chi connectivity index (χ0n) is 27.3. The zero-order valence-corrected chi connectivity index (χ0v) is 32.3. The predicted octanol–water partition coefficient (Wildman–Crippen LogP) is 3.68. The molecule has 0 aliphatic rings. The first-order valence-electron chi connectivity index (χ1n) is 14.9. The van der Waals surface area contributed by atoms with Crippen LogP contribution in [0.2, 0.25) is 0 Å². The fourth-order valence-corrected chi connectivity index (χ4v) is 8.88. The Labute approximate surface area is 293 Å². The molecule has 0 nitrogen and oxygen atoms in total. The van der Waals surface area contributed by atoms with E-state index < -0.39 is 5.43 Å². The van der Waals surface area contributed by atoms with Gasteiger partial charge in [0.05, 0.1) is 0 Å².